The van der Waals surface area contributed by atoms with Gasteiger partial charge in [-0.2, -0.15) is 0 Å². The number of nitrogens with one attached hydrogen (secondary N) is 1. The van der Waals surface area contributed by atoms with Crippen molar-refractivity contribution in [3.63, 3.8) is 0 Å². The zero-order valence-electron chi connectivity index (χ0n) is 18.3. The number of nitrogens with zero attached hydrogens (tertiary/aromatic N) is 3. The summed E-state index contributed by atoms with van der Waals surface area (Å²) in [4.78, 5) is 34.4. The van der Waals surface area contributed by atoms with E-state index in [-0.39, 0.29) is 17.7 Å². The van der Waals surface area contributed by atoms with Crippen LogP contribution >= 0.6 is 0 Å². The van der Waals surface area contributed by atoms with Crippen LogP contribution in [0.25, 0.3) is 0 Å². The predicted molar refractivity (Wildman–Crippen MR) is 122 cm³/mol. The van der Waals surface area contributed by atoms with Gasteiger partial charge in [0.15, 0.2) is 0 Å². The summed E-state index contributed by atoms with van der Waals surface area (Å²) >= 11 is 0. The fourth-order valence-electron chi connectivity index (χ4n) is 4.48. The van der Waals surface area contributed by atoms with E-state index in [0.717, 1.165) is 63.2 Å². The molecule has 0 radical (unpaired) electrons. The number of hydrogen-bond acceptors (Lipinski definition) is 4. The van der Waals surface area contributed by atoms with Crippen LogP contribution in [0.5, 0.6) is 0 Å². The lowest BCUT2D eigenvalue weighted by Gasteiger charge is -2.34. The van der Waals surface area contributed by atoms with Crippen LogP contribution in [0, 0.1) is 12.8 Å². The highest BCUT2D eigenvalue weighted by Crippen LogP contribution is 2.26. The number of piperidine rings is 2. The van der Waals surface area contributed by atoms with Crippen LogP contribution < -0.4 is 10.2 Å². The van der Waals surface area contributed by atoms with Crippen molar-refractivity contribution in [3.8, 4) is 0 Å². The van der Waals surface area contributed by atoms with Crippen molar-refractivity contribution in [2.24, 2.45) is 5.92 Å². The molecule has 0 saturated carbocycles. The molecule has 2 aromatic rings. The van der Waals surface area contributed by atoms with E-state index >= 15 is 0 Å². The van der Waals surface area contributed by atoms with Gasteiger partial charge in [-0.3, -0.25) is 9.59 Å². The van der Waals surface area contributed by atoms with E-state index in [4.69, 9.17) is 0 Å². The third-order valence-corrected chi connectivity index (χ3v) is 6.41. The van der Waals surface area contributed by atoms with Crippen molar-refractivity contribution < 1.29 is 9.59 Å². The molecule has 6 nitrogen and oxygen atoms in total. The summed E-state index contributed by atoms with van der Waals surface area (Å²) < 4.78 is 0. The normalized spacial score (nSPS) is 17.5. The molecule has 2 saturated heterocycles. The van der Waals surface area contributed by atoms with E-state index in [1.54, 1.807) is 6.20 Å². The largest absolute Gasteiger partial charge is 0.356 e. The van der Waals surface area contributed by atoms with E-state index in [9.17, 15) is 9.59 Å². The fourth-order valence-corrected chi connectivity index (χ4v) is 4.48. The first-order valence-corrected chi connectivity index (χ1v) is 11.4. The number of amides is 2. The third-order valence-electron chi connectivity index (χ3n) is 6.41. The Bertz CT molecular complexity index is 898. The molecule has 0 atom stereocenters. The lowest BCUT2D eigenvalue weighted by Crippen LogP contribution is -2.42. The summed E-state index contributed by atoms with van der Waals surface area (Å²) in [5, 5.41) is 3.08. The number of hydrogen-bond donors (Lipinski definition) is 1. The van der Waals surface area contributed by atoms with Gasteiger partial charge in [-0.05, 0) is 56.7 Å². The minimum absolute atomic E-state index is 0.00616. The Morgan fingerprint density at radius 3 is 2.42 bits per heavy atom. The predicted octanol–water partition coefficient (Wildman–Crippen LogP) is 3.55. The molecule has 2 amide bonds. The topological polar surface area (TPSA) is 65.5 Å². The molecule has 2 aliphatic heterocycles. The Morgan fingerprint density at radius 2 is 1.71 bits per heavy atom. The molecule has 1 N–H and O–H groups in total. The molecule has 4 rings (SSSR count). The van der Waals surface area contributed by atoms with Crippen molar-refractivity contribution in [1.29, 1.82) is 0 Å². The number of pyridine rings is 1. The standard InChI is InChI=1S/C25H32N4O2/c1-19-7-9-20(10-8-19)18-27-24(30)21-11-16-28(17-12-21)23-22(6-5-13-26-23)25(31)29-14-3-2-4-15-29/h5-10,13,21H,2-4,11-12,14-18H2,1H3,(H,27,30). The molecule has 31 heavy (non-hydrogen) atoms. The highest BCUT2D eigenvalue weighted by Gasteiger charge is 2.29. The van der Waals surface area contributed by atoms with Gasteiger partial charge < -0.3 is 15.1 Å². The molecule has 164 valence electrons. The molecule has 1 aromatic heterocycles. The monoisotopic (exact) mass is 420 g/mol. The number of aryl methyl sites for hydroxylation is 1. The minimum Gasteiger partial charge on any atom is -0.356 e. The van der Waals surface area contributed by atoms with Crippen LogP contribution in [0.1, 0.15) is 53.6 Å². The fraction of sp³-hybridized carbons (Fsp3) is 0.480. The van der Waals surface area contributed by atoms with Gasteiger partial charge in [0.2, 0.25) is 5.91 Å². The van der Waals surface area contributed by atoms with Crippen molar-refractivity contribution in [2.75, 3.05) is 31.1 Å². The van der Waals surface area contributed by atoms with Gasteiger partial charge in [-0.25, -0.2) is 4.98 Å². The molecule has 1 aromatic carbocycles. The number of anilines is 1. The molecule has 0 unspecified atom stereocenters. The highest BCUT2D eigenvalue weighted by molar-refractivity contribution is 5.99. The Kier molecular flexibility index (Phi) is 6.85. The van der Waals surface area contributed by atoms with Crippen molar-refractivity contribution in [2.45, 2.75) is 45.6 Å². The number of carbonyl (C=O) groups is 2. The zero-order chi connectivity index (χ0) is 21.6. The second-order valence-electron chi connectivity index (χ2n) is 8.69. The summed E-state index contributed by atoms with van der Waals surface area (Å²) in [6, 6.07) is 12.0. The van der Waals surface area contributed by atoms with Crippen LogP contribution in [0.3, 0.4) is 0 Å². The van der Waals surface area contributed by atoms with Crippen LogP contribution in [-0.4, -0.2) is 47.9 Å². The van der Waals surface area contributed by atoms with E-state index < -0.39 is 0 Å². The average Bonchev–Trinajstić information content (AvgIpc) is 2.84. The van der Waals surface area contributed by atoms with E-state index in [0.29, 0.717) is 12.1 Å². The van der Waals surface area contributed by atoms with Gasteiger partial charge in [0.1, 0.15) is 5.82 Å². The summed E-state index contributed by atoms with van der Waals surface area (Å²) in [6.45, 7) is 5.75. The lowest BCUT2D eigenvalue weighted by atomic mass is 9.95. The molecule has 0 bridgehead atoms. The Labute approximate surface area is 184 Å². The maximum atomic E-state index is 13.1. The summed E-state index contributed by atoms with van der Waals surface area (Å²) in [5.41, 5.74) is 3.02. The molecule has 2 aliphatic rings. The SMILES string of the molecule is Cc1ccc(CNC(=O)C2CCN(c3ncccc3C(=O)N3CCCCC3)CC2)cc1. The molecular weight excluding hydrogens is 388 g/mol. The zero-order valence-corrected chi connectivity index (χ0v) is 18.3. The number of benzene rings is 1. The van der Waals surface area contributed by atoms with Crippen LogP contribution in [0.2, 0.25) is 0 Å². The molecule has 3 heterocycles. The molecule has 2 fully saturated rings. The second-order valence-corrected chi connectivity index (χ2v) is 8.69. The van der Waals surface area contributed by atoms with Gasteiger partial charge in [-0.1, -0.05) is 29.8 Å². The van der Waals surface area contributed by atoms with Crippen LogP contribution in [0.4, 0.5) is 5.82 Å². The smallest absolute Gasteiger partial charge is 0.257 e. The molecule has 6 heteroatoms. The van der Waals surface area contributed by atoms with E-state index in [2.05, 4.69) is 46.4 Å². The highest BCUT2D eigenvalue weighted by atomic mass is 16.2. The Hall–Kier alpha value is -2.89. The number of carbonyl (C=O) groups excluding carboxylic acids is 2. The van der Waals surface area contributed by atoms with Crippen LogP contribution in [-0.2, 0) is 11.3 Å². The Morgan fingerprint density at radius 1 is 1.00 bits per heavy atom. The maximum Gasteiger partial charge on any atom is 0.257 e. The quantitative estimate of drug-likeness (QED) is 0.803. The van der Waals surface area contributed by atoms with Crippen molar-refractivity contribution >= 4 is 17.6 Å². The Balaban J connectivity index is 1.34. The molecule has 0 spiro atoms. The maximum absolute atomic E-state index is 13.1. The number of likely N-dealkylation sites (tertiary alicyclic amines) is 1. The molecular formula is C25H32N4O2. The first-order chi connectivity index (χ1) is 15.1. The van der Waals surface area contributed by atoms with E-state index in [1.165, 1.54) is 12.0 Å². The van der Waals surface area contributed by atoms with Gasteiger partial charge >= 0.3 is 0 Å². The number of aromatic nitrogens is 1. The minimum atomic E-state index is 0.00616. The first kappa shape index (κ1) is 21.3. The summed E-state index contributed by atoms with van der Waals surface area (Å²) in [6.07, 6.45) is 6.64. The van der Waals surface area contributed by atoms with E-state index in [1.807, 2.05) is 17.0 Å². The van der Waals surface area contributed by atoms with Crippen molar-refractivity contribution in [3.05, 3.63) is 59.3 Å². The van der Waals surface area contributed by atoms with Gasteiger partial charge in [0.05, 0.1) is 5.56 Å². The van der Waals surface area contributed by atoms with Crippen molar-refractivity contribution in [1.82, 2.24) is 15.2 Å². The third kappa shape index (κ3) is 5.24. The van der Waals surface area contributed by atoms with Gasteiger partial charge in [-0.15, -0.1) is 0 Å². The number of rotatable bonds is 5. The summed E-state index contributed by atoms with van der Waals surface area (Å²) in [7, 11) is 0. The second kappa shape index (κ2) is 9.94. The average molecular weight is 421 g/mol. The lowest BCUT2D eigenvalue weighted by molar-refractivity contribution is -0.125. The van der Waals surface area contributed by atoms with Crippen LogP contribution in [0.15, 0.2) is 42.6 Å². The summed E-state index contributed by atoms with van der Waals surface area (Å²) in [5.74, 6) is 0.967. The van der Waals surface area contributed by atoms with Gasteiger partial charge in [0.25, 0.3) is 5.91 Å². The first-order valence-electron chi connectivity index (χ1n) is 11.4. The van der Waals surface area contributed by atoms with Gasteiger partial charge in [0, 0.05) is 44.8 Å². The molecule has 0 aliphatic carbocycles.